The Labute approximate surface area is 336 Å². The van der Waals surface area contributed by atoms with Crippen molar-refractivity contribution in [2.24, 2.45) is 22.7 Å². The van der Waals surface area contributed by atoms with E-state index in [0.29, 0.717) is 66.3 Å². The molecule has 1 aliphatic heterocycles. The van der Waals surface area contributed by atoms with Crippen molar-refractivity contribution >= 4 is 56.4 Å². The van der Waals surface area contributed by atoms with Crippen LogP contribution in [0.25, 0.3) is 10.9 Å². The van der Waals surface area contributed by atoms with E-state index in [2.05, 4.69) is 9.71 Å². The van der Waals surface area contributed by atoms with E-state index in [0.717, 1.165) is 6.42 Å². The molecule has 1 aromatic carbocycles. The Morgan fingerprint density at radius 2 is 1.77 bits per heavy atom. The number of nitrogens with one attached hydrogen (secondary N) is 1. The number of Topliss-reactive ketones (excluding diaryl/α,β-unsaturated/α-hetero) is 1. The summed E-state index contributed by atoms with van der Waals surface area (Å²) in [5.74, 6) is -2.57. The van der Waals surface area contributed by atoms with Crippen molar-refractivity contribution in [2.75, 3.05) is 13.2 Å². The number of halogens is 1. The molecule has 2 amide bonds. The lowest BCUT2D eigenvalue weighted by molar-refractivity contribution is -0.161. The third-order valence-corrected chi connectivity index (χ3v) is 12.4. The number of carbonyl (C=O) groups excluding carboxylic acids is 4. The van der Waals surface area contributed by atoms with Gasteiger partial charge in [-0.15, -0.1) is 0 Å². The molecule has 3 aliphatic rings. The van der Waals surface area contributed by atoms with Crippen molar-refractivity contribution in [3.8, 4) is 11.6 Å². The SMILES string of the molecule is CCCC1(OS(=O)(=O)NC(=O)[C@@]2(CC(=O)[C@@H]3C[C@@H](Oc4cc(OCC)nc5c(Cl)cccc45)CN3C(=O)[C@@H](CC(=O)OC(C)(C)C)C(C)(C)C)C[C@H]2CC)CC1. The molecule has 1 aromatic heterocycles. The molecule has 5 rings (SSSR count). The van der Waals surface area contributed by atoms with Gasteiger partial charge >= 0.3 is 16.3 Å². The Kier molecular flexibility index (Phi) is 12.8. The van der Waals surface area contributed by atoms with E-state index in [1.54, 1.807) is 39.0 Å². The zero-order chi connectivity index (χ0) is 41.4. The van der Waals surface area contributed by atoms with Gasteiger partial charge in [-0.3, -0.25) is 19.2 Å². The third kappa shape index (κ3) is 10.1. The molecule has 13 nitrogen and oxygen atoms in total. The van der Waals surface area contributed by atoms with Crippen LogP contribution in [0.15, 0.2) is 24.3 Å². The van der Waals surface area contributed by atoms with Gasteiger partial charge in [0, 0.05) is 24.3 Å². The predicted molar refractivity (Wildman–Crippen MR) is 211 cm³/mol. The Balaban J connectivity index is 1.46. The number of amides is 2. The zero-order valence-corrected chi connectivity index (χ0v) is 35.7. The number of hydrogen-bond acceptors (Lipinski definition) is 11. The van der Waals surface area contributed by atoms with Gasteiger partial charge in [0.1, 0.15) is 17.5 Å². The Bertz CT molecular complexity index is 1940. The maximum absolute atomic E-state index is 14.7. The molecule has 56 heavy (non-hydrogen) atoms. The molecule has 2 heterocycles. The summed E-state index contributed by atoms with van der Waals surface area (Å²) < 4.78 is 51.7. The van der Waals surface area contributed by atoms with Crippen LogP contribution in [0.5, 0.6) is 11.6 Å². The molecular weight excluding hydrogens is 762 g/mol. The van der Waals surface area contributed by atoms with E-state index in [-0.39, 0.29) is 31.7 Å². The standard InChI is InChI=1S/C41H58ClN3O10S/c1-10-16-40(17-18-40)55-56(50,51)44-37(49)41(22-25(41)11-2)23-31(46)30-19-26(53-32-21-33(52-12-3)43-35-27(32)14-13-15-29(35)42)24-45(30)36(48)28(38(4,5)6)20-34(47)54-39(7,8)9/h13-15,21,25-26,28,30H,10-12,16-20,22-24H2,1-9H3,(H,44,49)/t25-,26-,28-,30+,41-/m1/s1. The van der Waals surface area contributed by atoms with Gasteiger partial charge in [0.25, 0.3) is 0 Å². The fourth-order valence-electron chi connectivity index (χ4n) is 7.96. The Morgan fingerprint density at radius 3 is 2.34 bits per heavy atom. The summed E-state index contributed by atoms with van der Waals surface area (Å²) in [5, 5.41) is 1.00. The first-order valence-corrected chi connectivity index (χ1v) is 21.6. The number of fused-ring (bicyclic) bond motifs is 1. The van der Waals surface area contributed by atoms with E-state index in [9.17, 15) is 27.6 Å². The monoisotopic (exact) mass is 819 g/mol. The van der Waals surface area contributed by atoms with Crippen molar-refractivity contribution in [2.45, 2.75) is 143 Å². The van der Waals surface area contributed by atoms with Crippen molar-refractivity contribution in [1.82, 2.24) is 14.6 Å². The summed E-state index contributed by atoms with van der Waals surface area (Å²) in [6.45, 7) is 16.8. The van der Waals surface area contributed by atoms with Crippen molar-refractivity contribution < 1.29 is 46.0 Å². The predicted octanol–water partition coefficient (Wildman–Crippen LogP) is 7.12. The lowest BCUT2D eigenvalue weighted by Crippen LogP contribution is -2.49. The Morgan fingerprint density at radius 1 is 1.07 bits per heavy atom. The first-order chi connectivity index (χ1) is 26.1. The van der Waals surface area contributed by atoms with Crippen molar-refractivity contribution in [3.63, 3.8) is 0 Å². The average Bonchev–Trinajstić information content (AvgIpc) is 3.96. The normalized spacial score (nSPS) is 23.7. The second-order valence-electron chi connectivity index (χ2n) is 17.7. The molecule has 3 fully saturated rings. The van der Waals surface area contributed by atoms with Crippen LogP contribution in [-0.4, -0.2) is 78.4 Å². The minimum Gasteiger partial charge on any atom is -0.488 e. The summed E-state index contributed by atoms with van der Waals surface area (Å²) in [5.41, 5.74) is -3.10. The molecule has 0 bridgehead atoms. The first-order valence-electron chi connectivity index (χ1n) is 19.8. The first kappa shape index (κ1) is 43.6. The van der Waals surface area contributed by atoms with Crippen molar-refractivity contribution in [3.05, 3.63) is 29.3 Å². The fourth-order valence-corrected chi connectivity index (χ4v) is 9.37. The number of carbonyl (C=O) groups is 4. The summed E-state index contributed by atoms with van der Waals surface area (Å²) >= 11 is 6.52. The van der Waals surface area contributed by atoms with Crippen LogP contribution in [0.4, 0.5) is 0 Å². The molecule has 2 aromatic rings. The summed E-state index contributed by atoms with van der Waals surface area (Å²) in [6.07, 6.45) is 2.20. The largest absolute Gasteiger partial charge is 0.488 e. The number of pyridine rings is 1. The van der Waals surface area contributed by atoms with Gasteiger partial charge in [-0.1, -0.05) is 65.1 Å². The van der Waals surface area contributed by atoms with Gasteiger partial charge in [-0.05, 0) is 76.8 Å². The minimum absolute atomic E-state index is 0.00260. The molecule has 310 valence electrons. The molecule has 2 saturated carbocycles. The van der Waals surface area contributed by atoms with Gasteiger partial charge in [-0.2, -0.15) is 8.42 Å². The number of benzene rings is 1. The van der Waals surface area contributed by atoms with E-state index >= 15 is 0 Å². The van der Waals surface area contributed by atoms with E-state index < -0.39 is 74.0 Å². The molecule has 1 saturated heterocycles. The second kappa shape index (κ2) is 16.4. The smallest absolute Gasteiger partial charge is 0.362 e. The maximum atomic E-state index is 14.7. The highest BCUT2D eigenvalue weighted by Crippen LogP contribution is 2.58. The molecule has 2 aliphatic carbocycles. The average molecular weight is 820 g/mol. The minimum atomic E-state index is -4.44. The van der Waals surface area contributed by atoms with Crippen LogP contribution in [0.1, 0.15) is 120 Å². The number of rotatable bonds is 17. The number of ketones is 1. The number of ether oxygens (including phenoxy) is 3. The second-order valence-corrected chi connectivity index (χ2v) is 19.4. The summed E-state index contributed by atoms with van der Waals surface area (Å²) in [4.78, 5) is 62.3. The van der Waals surface area contributed by atoms with Gasteiger partial charge in [0.15, 0.2) is 5.78 Å². The number of esters is 1. The highest BCUT2D eigenvalue weighted by molar-refractivity contribution is 7.85. The maximum Gasteiger partial charge on any atom is 0.362 e. The van der Waals surface area contributed by atoms with Crippen LogP contribution < -0.4 is 14.2 Å². The number of nitrogens with zero attached hydrogens (tertiary/aromatic N) is 2. The topological polar surface area (TPSA) is 167 Å². The van der Waals surface area contributed by atoms with Gasteiger partial charge in [-0.25, -0.2) is 13.9 Å². The summed E-state index contributed by atoms with van der Waals surface area (Å²) in [6, 6.07) is 5.90. The van der Waals surface area contributed by atoms with Crippen LogP contribution in [0, 0.1) is 22.7 Å². The lowest BCUT2D eigenvalue weighted by Gasteiger charge is -2.35. The quantitative estimate of drug-likeness (QED) is 0.162. The highest BCUT2D eigenvalue weighted by atomic mass is 35.5. The van der Waals surface area contributed by atoms with Crippen molar-refractivity contribution in [1.29, 1.82) is 0 Å². The van der Waals surface area contributed by atoms with Crippen LogP contribution in [-0.2, 0) is 38.4 Å². The lowest BCUT2D eigenvalue weighted by atomic mass is 9.77. The number of likely N-dealkylation sites (tertiary alicyclic amines) is 1. The Hall–Kier alpha value is -3.49. The highest BCUT2D eigenvalue weighted by Gasteiger charge is 2.62. The number of aromatic nitrogens is 1. The fraction of sp³-hybridized carbons (Fsp3) is 0.683. The third-order valence-electron chi connectivity index (χ3n) is 11.1. The van der Waals surface area contributed by atoms with Gasteiger partial charge in [0.05, 0.1) is 53.1 Å². The van der Waals surface area contributed by atoms with Gasteiger partial charge < -0.3 is 19.1 Å². The molecule has 0 radical (unpaired) electrons. The van der Waals surface area contributed by atoms with E-state index in [4.69, 9.17) is 30.0 Å². The molecular formula is C41H58ClN3O10S. The number of hydrogen-bond donors (Lipinski definition) is 1. The van der Waals surface area contributed by atoms with E-state index in [1.165, 1.54) is 4.90 Å². The zero-order valence-electron chi connectivity index (χ0n) is 34.2. The van der Waals surface area contributed by atoms with Gasteiger partial charge in [0.2, 0.25) is 17.7 Å². The van der Waals surface area contributed by atoms with Crippen LogP contribution in [0.2, 0.25) is 5.02 Å². The van der Waals surface area contributed by atoms with Crippen LogP contribution in [0.3, 0.4) is 0 Å². The molecule has 0 unspecified atom stereocenters. The van der Waals surface area contributed by atoms with Crippen LogP contribution >= 0.6 is 11.6 Å². The number of para-hydroxylation sites is 1. The van der Waals surface area contributed by atoms with E-state index in [1.807, 2.05) is 47.6 Å². The summed E-state index contributed by atoms with van der Waals surface area (Å²) in [7, 11) is -4.44. The molecule has 0 spiro atoms. The molecule has 5 atom stereocenters. The molecule has 1 N–H and O–H groups in total. The molecule has 15 heteroatoms.